The highest BCUT2D eigenvalue weighted by atomic mass is 79.9. The van der Waals surface area contributed by atoms with Gasteiger partial charge in [-0.1, -0.05) is 15.9 Å². The molecule has 2 aromatic heterocycles. The van der Waals surface area contributed by atoms with Crippen LogP contribution in [0.1, 0.15) is 0 Å². The Hall–Kier alpha value is -2.75. The molecular weight excluding hydrogens is 344 g/mol. The van der Waals surface area contributed by atoms with Crippen molar-refractivity contribution in [3.05, 3.63) is 43.5 Å². The number of hydrogen-bond donors (Lipinski definition) is 4. The van der Waals surface area contributed by atoms with Gasteiger partial charge in [0, 0.05) is 9.86 Å². The summed E-state index contributed by atoms with van der Waals surface area (Å²) in [5.74, 6) is -0.508. The molecule has 0 bridgehead atoms. The molecule has 0 spiro atoms. The maximum atomic E-state index is 11.4. The van der Waals surface area contributed by atoms with Crippen LogP contribution in [0.25, 0.3) is 10.9 Å². The van der Waals surface area contributed by atoms with Gasteiger partial charge < -0.3 is 10.1 Å². The molecule has 0 aliphatic rings. The molecule has 0 radical (unpaired) electrons. The van der Waals surface area contributed by atoms with Gasteiger partial charge in [-0.05, 0) is 18.2 Å². The first-order valence-electron chi connectivity index (χ1n) is 5.65. The Labute approximate surface area is 123 Å². The smallest absolute Gasteiger partial charge is 0.342 e. The second-order valence-corrected chi connectivity index (χ2v) is 4.96. The molecule has 2 heterocycles. The average Bonchev–Trinajstić information content (AvgIpc) is 2.73. The highest BCUT2D eigenvalue weighted by Gasteiger charge is 2.11. The number of nitrogens with zero attached hydrogens (tertiary/aromatic N) is 3. The molecule has 0 unspecified atom stereocenters. The number of H-pyrrole nitrogens is 3. The summed E-state index contributed by atoms with van der Waals surface area (Å²) in [6.45, 7) is 0. The molecule has 9 nitrogen and oxygen atoms in total. The lowest BCUT2D eigenvalue weighted by molar-refractivity contribution is 0.459. The highest BCUT2D eigenvalue weighted by Crippen LogP contribution is 2.37. The van der Waals surface area contributed by atoms with Gasteiger partial charge in [-0.15, -0.1) is 15.3 Å². The first-order chi connectivity index (χ1) is 10.0. The Morgan fingerprint density at radius 3 is 2.76 bits per heavy atom. The number of hydrogen-bond acceptors (Lipinski definition) is 6. The number of fused-ring (bicyclic) bond motifs is 1. The van der Waals surface area contributed by atoms with E-state index in [1.165, 1.54) is 0 Å². The average molecular weight is 351 g/mol. The van der Waals surface area contributed by atoms with Crippen LogP contribution in [-0.2, 0) is 0 Å². The van der Waals surface area contributed by atoms with E-state index in [9.17, 15) is 14.7 Å². The van der Waals surface area contributed by atoms with Gasteiger partial charge in [-0.3, -0.25) is 9.78 Å². The fourth-order valence-corrected chi connectivity index (χ4v) is 2.10. The SMILES string of the molecule is O=c1[nH]nc(N=Nc2c(O)[nH]c3ccc(Br)cc23)c(=O)[nH]1. The van der Waals surface area contributed by atoms with Crippen LogP contribution in [0, 0.1) is 0 Å². The fourth-order valence-electron chi connectivity index (χ4n) is 1.74. The normalized spacial score (nSPS) is 11.5. The van der Waals surface area contributed by atoms with Crippen molar-refractivity contribution in [1.29, 1.82) is 0 Å². The number of azo groups is 1. The summed E-state index contributed by atoms with van der Waals surface area (Å²) < 4.78 is 0.797. The first kappa shape index (κ1) is 13.2. The van der Waals surface area contributed by atoms with Gasteiger partial charge in [0.2, 0.25) is 5.88 Å². The fraction of sp³-hybridized carbons (Fsp3) is 0. The molecule has 0 atom stereocenters. The lowest BCUT2D eigenvalue weighted by Crippen LogP contribution is -2.22. The number of rotatable bonds is 2. The van der Waals surface area contributed by atoms with Crippen LogP contribution in [0.4, 0.5) is 11.5 Å². The molecule has 0 fully saturated rings. The predicted molar refractivity (Wildman–Crippen MR) is 77.3 cm³/mol. The largest absolute Gasteiger partial charge is 0.493 e. The molecule has 0 aliphatic carbocycles. The number of aromatic nitrogens is 4. The Bertz CT molecular complexity index is 970. The van der Waals surface area contributed by atoms with Crippen LogP contribution in [0.2, 0.25) is 0 Å². The quantitative estimate of drug-likeness (QED) is 0.523. The number of aromatic amines is 3. The van der Waals surface area contributed by atoms with E-state index in [0.717, 1.165) is 4.47 Å². The Balaban J connectivity index is 2.11. The molecule has 4 N–H and O–H groups in total. The van der Waals surface area contributed by atoms with E-state index in [0.29, 0.717) is 10.9 Å². The lowest BCUT2D eigenvalue weighted by atomic mass is 10.2. The highest BCUT2D eigenvalue weighted by molar-refractivity contribution is 9.10. The zero-order chi connectivity index (χ0) is 15.0. The molecular formula is C11H7BrN6O3. The Morgan fingerprint density at radius 2 is 2.00 bits per heavy atom. The van der Waals surface area contributed by atoms with E-state index in [2.05, 4.69) is 36.2 Å². The minimum Gasteiger partial charge on any atom is -0.493 e. The molecule has 3 rings (SSSR count). The third kappa shape index (κ3) is 2.48. The van der Waals surface area contributed by atoms with Crippen molar-refractivity contribution < 1.29 is 5.11 Å². The summed E-state index contributed by atoms with van der Waals surface area (Å²) >= 11 is 3.32. The van der Waals surface area contributed by atoms with Crippen LogP contribution in [0.3, 0.4) is 0 Å². The molecule has 0 saturated carbocycles. The van der Waals surface area contributed by atoms with Crippen LogP contribution in [-0.4, -0.2) is 25.3 Å². The lowest BCUT2D eigenvalue weighted by Gasteiger charge is -1.93. The van der Waals surface area contributed by atoms with Gasteiger partial charge in [0.05, 0.1) is 5.52 Å². The number of benzene rings is 1. The zero-order valence-corrected chi connectivity index (χ0v) is 11.8. The maximum Gasteiger partial charge on any atom is 0.342 e. The van der Waals surface area contributed by atoms with Gasteiger partial charge in [0.25, 0.3) is 5.82 Å². The summed E-state index contributed by atoms with van der Waals surface area (Å²) in [6, 6.07) is 5.29. The molecule has 106 valence electrons. The van der Waals surface area contributed by atoms with E-state index >= 15 is 0 Å². The molecule has 0 saturated heterocycles. The third-order valence-corrected chi connectivity index (χ3v) is 3.15. The Kier molecular flexibility index (Phi) is 3.14. The molecule has 10 heteroatoms. The standard InChI is InChI=1S/C11H7BrN6O3/c12-4-1-2-6-5(3-4)7(9(19)13-6)15-16-8-10(20)14-11(21)18-17-8/h1-3,13,19H,(H2,14,18,20,21). The van der Waals surface area contributed by atoms with Gasteiger partial charge in [0.15, 0.2) is 5.69 Å². The van der Waals surface area contributed by atoms with Crippen molar-refractivity contribution in [1.82, 2.24) is 20.2 Å². The van der Waals surface area contributed by atoms with Crippen molar-refractivity contribution in [3.63, 3.8) is 0 Å². The van der Waals surface area contributed by atoms with Gasteiger partial charge >= 0.3 is 11.2 Å². The molecule has 3 aromatic rings. The van der Waals surface area contributed by atoms with E-state index in [4.69, 9.17) is 0 Å². The van der Waals surface area contributed by atoms with Crippen LogP contribution in [0.15, 0.2) is 42.5 Å². The molecule has 1 aromatic carbocycles. The molecule has 0 aliphatic heterocycles. The summed E-state index contributed by atoms with van der Waals surface area (Å²) in [6.07, 6.45) is 0. The summed E-state index contributed by atoms with van der Waals surface area (Å²) in [7, 11) is 0. The van der Waals surface area contributed by atoms with Gasteiger partial charge in [0.1, 0.15) is 0 Å². The van der Waals surface area contributed by atoms with Crippen molar-refractivity contribution >= 4 is 38.3 Å². The molecule has 0 amide bonds. The number of aromatic hydroxyl groups is 1. The van der Waals surface area contributed by atoms with Crippen molar-refractivity contribution in [2.45, 2.75) is 0 Å². The van der Waals surface area contributed by atoms with Crippen molar-refractivity contribution in [2.75, 3.05) is 0 Å². The minimum atomic E-state index is -0.775. The zero-order valence-electron chi connectivity index (χ0n) is 10.2. The van der Waals surface area contributed by atoms with Gasteiger partial charge in [-0.2, -0.15) is 0 Å². The van der Waals surface area contributed by atoms with E-state index in [-0.39, 0.29) is 17.4 Å². The number of halogens is 1. The third-order valence-electron chi connectivity index (χ3n) is 2.65. The van der Waals surface area contributed by atoms with Crippen LogP contribution in [0.5, 0.6) is 5.88 Å². The van der Waals surface area contributed by atoms with Gasteiger partial charge in [-0.25, -0.2) is 9.89 Å². The van der Waals surface area contributed by atoms with Crippen LogP contribution >= 0.6 is 15.9 Å². The second kappa shape index (κ2) is 4.98. The summed E-state index contributed by atoms with van der Waals surface area (Å²) in [5, 5.41) is 23.4. The minimum absolute atomic E-state index is 0.165. The Morgan fingerprint density at radius 1 is 1.19 bits per heavy atom. The van der Waals surface area contributed by atoms with Crippen molar-refractivity contribution in [2.24, 2.45) is 10.2 Å². The van der Waals surface area contributed by atoms with E-state index in [1.54, 1.807) is 18.2 Å². The monoisotopic (exact) mass is 350 g/mol. The summed E-state index contributed by atoms with van der Waals surface area (Å²) in [4.78, 5) is 27.0. The molecule has 21 heavy (non-hydrogen) atoms. The number of nitrogens with one attached hydrogen (secondary N) is 3. The first-order valence-corrected chi connectivity index (χ1v) is 6.45. The van der Waals surface area contributed by atoms with E-state index in [1.807, 2.05) is 10.1 Å². The second-order valence-electron chi connectivity index (χ2n) is 4.04. The topological polar surface area (TPSA) is 139 Å². The predicted octanol–water partition coefficient (Wildman–Crippen LogP) is 1.82. The van der Waals surface area contributed by atoms with Crippen molar-refractivity contribution in [3.8, 4) is 5.88 Å². The van der Waals surface area contributed by atoms with Crippen LogP contribution < -0.4 is 11.2 Å². The maximum absolute atomic E-state index is 11.4. The van der Waals surface area contributed by atoms with E-state index < -0.39 is 11.2 Å². The summed E-state index contributed by atoms with van der Waals surface area (Å²) in [5.41, 5.74) is -0.687.